The van der Waals surface area contributed by atoms with Gasteiger partial charge in [0.1, 0.15) is 23.2 Å². The average Bonchev–Trinajstić information content (AvgIpc) is 2.65. The van der Waals surface area contributed by atoms with Crippen molar-refractivity contribution in [3.63, 3.8) is 0 Å². The van der Waals surface area contributed by atoms with Gasteiger partial charge in [0.15, 0.2) is 11.5 Å². The molecule has 7 N–H and O–H groups in total. The van der Waals surface area contributed by atoms with E-state index in [-0.39, 0.29) is 49.3 Å². The summed E-state index contributed by atoms with van der Waals surface area (Å²) in [6, 6.07) is 4.68. The van der Waals surface area contributed by atoms with Crippen LogP contribution in [0.4, 0.5) is 24.7 Å². The quantitative estimate of drug-likeness (QED) is 0.328. The zero-order chi connectivity index (χ0) is 22.6. The van der Waals surface area contributed by atoms with Crippen molar-refractivity contribution >= 4 is 17.5 Å². The summed E-state index contributed by atoms with van der Waals surface area (Å²) in [5.41, 5.74) is 7.65. The second-order valence-corrected chi connectivity index (χ2v) is 5.82. The lowest BCUT2D eigenvalue weighted by Gasteiger charge is -2.23. The number of anilines is 2. The van der Waals surface area contributed by atoms with Gasteiger partial charge in [-0.3, -0.25) is 0 Å². The Labute approximate surface area is 173 Å². The number of nitrogens with one attached hydrogen (secondary N) is 1. The van der Waals surface area contributed by atoms with Gasteiger partial charge in [-0.25, -0.2) is 4.79 Å². The van der Waals surface area contributed by atoms with Gasteiger partial charge >= 0.3 is 12.1 Å². The molecule has 13 heteroatoms. The summed E-state index contributed by atoms with van der Waals surface area (Å²) in [4.78, 5) is 13.0. The highest BCUT2D eigenvalue weighted by atomic mass is 19.4. The van der Waals surface area contributed by atoms with E-state index in [9.17, 15) is 28.6 Å². The number of carboxylic acid groups (broad SMARTS) is 1. The first-order valence-corrected chi connectivity index (χ1v) is 8.09. The number of phenolic OH excluding ortho intramolecular Hbond substituents is 2. The van der Waals surface area contributed by atoms with Crippen molar-refractivity contribution in [2.75, 3.05) is 24.2 Å². The minimum atomic E-state index is -5.08. The fourth-order valence-corrected chi connectivity index (χ4v) is 2.48. The number of carboxylic acids is 1. The lowest BCUT2D eigenvalue weighted by atomic mass is 9.98. The minimum absolute atomic E-state index is 0. The predicted molar refractivity (Wildman–Crippen MR) is 102 cm³/mol. The van der Waals surface area contributed by atoms with Crippen LogP contribution in [0.15, 0.2) is 12.1 Å². The Morgan fingerprint density at radius 2 is 1.90 bits per heavy atom. The monoisotopic (exact) mass is 444 g/mol. The number of rotatable bonds is 3. The summed E-state index contributed by atoms with van der Waals surface area (Å²) >= 11 is 0. The zero-order valence-corrected chi connectivity index (χ0v) is 15.0. The summed E-state index contributed by atoms with van der Waals surface area (Å²) in [6.07, 6.45) is -4.76. The van der Waals surface area contributed by atoms with Gasteiger partial charge in [-0.2, -0.15) is 23.4 Å². The molecule has 0 amide bonds. The van der Waals surface area contributed by atoms with Crippen LogP contribution in [0.3, 0.4) is 0 Å². The van der Waals surface area contributed by atoms with Gasteiger partial charge in [-0.1, -0.05) is 7.43 Å². The van der Waals surface area contributed by atoms with E-state index in [0.717, 1.165) is 0 Å². The number of hydrogen-bond acceptors (Lipinski definition) is 9. The Kier molecular flexibility index (Phi) is 7.88. The van der Waals surface area contributed by atoms with Crippen molar-refractivity contribution in [2.45, 2.75) is 20.0 Å². The van der Waals surface area contributed by atoms with Gasteiger partial charge in [0.2, 0.25) is 5.88 Å². The molecule has 168 valence electrons. The molecule has 0 saturated heterocycles. The molecule has 31 heavy (non-hydrogen) atoms. The van der Waals surface area contributed by atoms with Crippen LogP contribution in [0.5, 0.6) is 23.1 Å². The molecule has 0 spiro atoms. The Bertz CT molecular complexity index is 1020. The largest absolute Gasteiger partial charge is 0.504 e. The van der Waals surface area contributed by atoms with E-state index in [1.807, 2.05) is 6.07 Å². The van der Waals surface area contributed by atoms with Crippen molar-refractivity contribution in [2.24, 2.45) is 0 Å². The minimum Gasteiger partial charge on any atom is -0.504 e. The molecule has 10 nitrogen and oxygen atoms in total. The van der Waals surface area contributed by atoms with E-state index in [4.69, 9.17) is 25.5 Å². The number of halogens is 3. The Hall–Kier alpha value is -3.92. The number of aromatic nitrogens is 1. The van der Waals surface area contributed by atoms with Gasteiger partial charge in [0.05, 0.1) is 12.3 Å². The van der Waals surface area contributed by atoms with Crippen molar-refractivity contribution in [3.8, 4) is 29.2 Å². The third-order valence-electron chi connectivity index (χ3n) is 3.79. The molecule has 1 aliphatic rings. The van der Waals surface area contributed by atoms with Crippen LogP contribution < -0.4 is 15.8 Å². The van der Waals surface area contributed by atoms with Crippen molar-refractivity contribution in [1.29, 1.82) is 5.26 Å². The number of nitrogens with two attached hydrogens (primary N) is 1. The number of benzene rings is 1. The van der Waals surface area contributed by atoms with Gasteiger partial charge < -0.3 is 36.2 Å². The molecule has 2 heterocycles. The number of phenols is 2. The summed E-state index contributed by atoms with van der Waals surface area (Å²) in [5.74, 6) is -2.72. The predicted octanol–water partition coefficient (Wildman–Crippen LogP) is 2.32. The number of aliphatic carboxylic acids is 1. The van der Waals surface area contributed by atoms with E-state index < -0.39 is 12.1 Å². The third kappa shape index (κ3) is 5.58. The molecule has 0 aliphatic carbocycles. The van der Waals surface area contributed by atoms with E-state index in [1.54, 1.807) is 0 Å². The lowest BCUT2D eigenvalue weighted by Crippen LogP contribution is -2.21. The first-order chi connectivity index (χ1) is 14.0. The second-order valence-electron chi connectivity index (χ2n) is 5.82. The van der Waals surface area contributed by atoms with E-state index >= 15 is 0 Å². The number of nitrogen functional groups attached to an aromatic ring is 1. The Balaban J connectivity index is 0.000000523. The smallest absolute Gasteiger partial charge is 0.490 e. The number of hydrogen-bond donors (Lipinski definition) is 6. The molecule has 0 saturated carbocycles. The Morgan fingerprint density at radius 1 is 1.32 bits per heavy atom. The maximum atomic E-state index is 10.6. The molecule has 0 bridgehead atoms. The summed E-state index contributed by atoms with van der Waals surface area (Å²) < 4.78 is 37.4. The van der Waals surface area contributed by atoms with Crippen LogP contribution in [-0.2, 0) is 11.2 Å². The SMILES string of the molecule is C.N#Cc1c(N)nc2c(c1NCCO)Cc1cc(O)c(O)cc1O2.O=C(O)C(F)(F)F. The van der Waals surface area contributed by atoms with Gasteiger partial charge in [0, 0.05) is 30.2 Å². The van der Waals surface area contributed by atoms with Crippen molar-refractivity contribution in [1.82, 2.24) is 4.98 Å². The normalized spacial score (nSPS) is 11.3. The average molecular weight is 444 g/mol. The maximum Gasteiger partial charge on any atom is 0.490 e. The molecule has 1 aromatic carbocycles. The standard InChI is InChI=1S/C15H14N4O4.C2HF3O2.CH4/c16-6-9-13(18-1-2-20)8-3-7-4-10(21)11(22)5-12(7)23-15(8)19-14(9)17;3-2(4,5)1(6)7;/h4-5,20-22H,1-3H2,(H3,17,18,19);(H,6,7);1H4. The lowest BCUT2D eigenvalue weighted by molar-refractivity contribution is -0.192. The van der Waals surface area contributed by atoms with Gasteiger partial charge in [-0.15, -0.1) is 0 Å². The summed E-state index contributed by atoms with van der Waals surface area (Å²) in [6.45, 7) is 0.117. The number of alkyl halides is 3. The molecule has 0 unspecified atom stereocenters. The molecular weight excluding hydrogens is 425 g/mol. The van der Waals surface area contributed by atoms with Crippen molar-refractivity contribution < 1.29 is 43.1 Å². The molecule has 1 aliphatic heterocycles. The topological polar surface area (TPSA) is 182 Å². The van der Waals surface area contributed by atoms with Crippen LogP contribution in [0.25, 0.3) is 0 Å². The third-order valence-corrected chi connectivity index (χ3v) is 3.79. The fourth-order valence-electron chi connectivity index (χ4n) is 2.48. The number of nitriles is 1. The first-order valence-electron chi connectivity index (χ1n) is 8.09. The molecule has 0 radical (unpaired) electrons. The molecule has 2 aromatic rings. The van der Waals surface area contributed by atoms with Crippen molar-refractivity contribution in [3.05, 3.63) is 28.8 Å². The van der Waals surface area contributed by atoms with Crippen LogP contribution in [0.2, 0.25) is 0 Å². The van der Waals surface area contributed by atoms with E-state index in [1.165, 1.54) is 12.1 Å². The molecule has 0 fully saturated rings. The molecule has 0 atom stereocenters. The van der Waals surface area contributed by atoms with Gasteiger partial charge in [-0.05, 0) is 6.07 Å². The molecule has 1 aromatic heterocycles. The second kappa shape index (κ2) is 9.72. The number of nitrogens with zero attached hydrogens (tertiary/aromatic N) is 2. The zero-order valence-electron chi connectivity index (χ0n) is 15.0. The number of pyridine rings is 1. The number of ether oxygens (including phenoxy) is 1. The Morgan fingerprint density at radius 3 is 2.42 bits per heavy atom. The number of aliphatic hydroxyl groups excluding tert-OH is 1. The number of carbonyl (C=O) groups is 1. The number of fused-ring (bicyclic) bond motifs is 2. The summed E-state index contributed by atoms with van der Waals surface area (Å²) in [7, 11) is 0. The van der Waals surface area contributed by atoms with Crippen LogP contribution in [0.1, 0.15) is 24.1 Å². The highest BCUT2D eigenvalue weighted by Gasteiger charge is 2.38. The molecular formula is C18H19F3N4O6. The fraction of sp³-hybridized carbons (Fsp3) is 0.278. The van der Waals surface area contributed by atoms with Crippen LogP contribution >= 0.6 is 0 Å². The first kappa shape index (κ1) is 25.1. The maximum absolute atomic E-state index is 10.6. The van der Waals surface area contributed by atoms with Crippen LogP contribution in [-0.4, -0.2) is 50.7 Å². The van der Waals surface area contributed by atoms with Gasteiger partial charge in [0.25, 0.3) is 0 Å². The number of aliphatic hydroxyl groups is 1. The van der Waals surface area contributed by atoms with Crippen LogP contribution in [0, 0.1) is 11.3 Å². The molecule has 3 rings (SSSR count). The number of aromatic hydroxyl groups is 2. The summed E-state index contributed by atoms with van der Waals surface area (Å²) in [5, 5.41) is 47.6. The van der Waals surface area contributed by atoms with E-state index in [0.29, 0.717) is 29.0 Å². The highest BCUT2D eigenvalue weighted by Crippen LogP contribution is 2.44. The highest BCUT2D eigenvalue weighted by molar-refractivity contribution is 5.75. The van der Waals surface area contributed by atoms with E-state index in [2.05, 4.69) is 10.3 Å².